The van der Waals surface area contributed by atoms with Crippen molar-refractivity contribution in [3.05, 3.63) is 35.4 Å². The Kier molecular flexibility index (Phi) is 6.54. The Morgan fingerprint density at radius 2 is 2.04 bits per heavy atom. The second-order valence-corrected chi connectivity index (χ2v) is 6.60. The lowest BCUT2D eigenvalue weighted by molar-refractivity contribution is -0.132. The monoisotopic (exact) mass is 342 g/mol. The summed E-state index contributed by atoms with van der Waals surface area (Å²) in [5.74, 6) is 0.0285. The fraction of sp³-hybridized carbons (Fsp3) is 0.526. The van der Waals surface area contributed by atoms with Gasteiger partial charge in [-0.15, -0.1) is 0 Å². The van der Waals surface area contributed by atoms with Crippen molar-refractivity contribution in [3.8, 4) is 6.07 Å². The van der Waals surface area contributed by atoms with E-state index in [9.17, 15) is 9.59 Å². The fourth-order valence-electron chi connectivity index (χ4n) is 3.35. The first kappa shape index (κ1) is 18.9. The molecule has 0 aromatic heterocycles. The van der Waals surface area contributed by atoms with Gasteiger partial charge in [-0.05, 0) is 43.1 Å². The number of likely N-dealkylation sites (tertiary alicyclic amines) is 1. The number of nitriles is 1. The number of carbonyl (C=O) groups excluding carboxylic acids is 2. The van der Waals surface area contributed by atoms with Crippen molar-refractivity contribution in [2.75, 3.05) is 33.2 Å². The van der Waals surface area contributed by atoms with Gasteiger partial charge in [0.15, 0.2) is 0 Å². The highest BCUT2D eigenvalue weighted by atomic mass is 16.2. The molecule has 0 unspecified atom stereocenters. The van der Waals surface area contributed by atoms with Crippen molar-refractivity contribution in [3.63, 3.8) is 0 Å². The van der Waals surface area contributed by atoms with Gasteiger partial charge in [-0.3, -0.25) is 9.59 Å². The first-order chi connectivity index (χ1) is 12.0. The summed E-state index contributed by atoms with van der Waals surface area (Å²) >= 11 is 0. The minimum atomic E-state index is -0.305. The second-order valence-electron chi connectivity index (χ2n) is 6.60. The highest BCUT2D eigenvalue weighted by Crippen LogP contribution is 2.21. The Bertz CT molecular complexity index is 650. The molecular formula is C19H26N4O2. The van der Waals surface area contributed by atoms with Crippen LogP contribution in [0.1, 0.15) is 36.2 Å². The quantitative estimate of drug-likeness (QED) is 0.879. The maximum atomic E-state index is 12.4. The average molecular weight is 342 g/mol. The van der Waals surface area contributed by atoms with Crippen LogP contribution in [0.15, 0.2) is 24.3 Å². The van der Waals surface area contributed by atoms with Gasteiger partial charge in [0, 0.05) is 31.7 Å². The van der Waals surface area contributed by atoms with E-state index in [-0.39, 0.29) is 24.4 Å². The molecule has 1 aliphatic heterocycles. The number of likely N-dealkylation sites (N-methyl/N-ethyl adjacent to an activating group) is 1. The number of amides is 2. The van der Waals surface area contributed by atoms with Crippen LogP contribution in [-0.4, -0.2) is 60.9 Å². The number of benzene rings is 1. The third kappa shape index (κ3) is 4.80. The van der Waals surface area contributed by atoms with Crippen LogP contribution in [-0.2, 0) is 4.79 Å². The molecule has 0 spiro atoms. The van der Waals surface area contributed by atoms with Crippen LogP contribution >= 0.6 is 0 Å². The zero-order valence-electron chi connectivity index (χ0n) is 15.2. The summed E-state index contributed by atoms with van der Waals surface area (Å²) in [5.41, 5.74) is 0.943. The minimum Gasteiger partial charge on any atom is -0.343 e. The summed E-state index contributed by atoms with van der Waals surface area (Å²) in [4.78, 5) is 28.7. The number of carbonyl (C=O) groups is 2. The van der Waals surface area contributed by atoms with Crippen LogP contribution in [0.3, 0.4) is 0 Å². The van der Waals surface area contributed by atoms with Crippen LogP contribution in [0.5, 0.6) is 0 Å². The lowest BCUT2D eigenvalue weighted by Gasteiger charge is -2.41. The number of nitrogens with one attached hydrogen (secondary N) is 1. The molecule has 1 heterocycles. The molecule has 25 heavy (non-hydrogen) atoms. The van der Waals surface area contributed by atoms with E-state index < -0.39 is 0 Å². The number of nitrogens with zero attached hydrogens (tertiary/aromatic N) is 3. The molecule has 134 valence electrons. The lowest BCUT2D eigenvalue weighted by atomic mass is 9.92. The number of hydrogen-bond donors (Lipinski definition) is 1. The molecule has 0 saturated carbocycles. The minimum absolute atomic E-state index is 0.0178. The van der Waals surface area contributed by atoms with Crippen LogP contribution in [0.4, 0.5) is 0 Å². The van der Waals surface area contributed by atoms with Crippen molar-refractivity contribution in [1.82, 2.24) is 15.1 Å². The number of rotatable bonds is 5. The lowest BCUT2D eigenvalue weighted by Crippen LogP contribution is -2.52. The van der Waals surface area contributed by atoms with E-state index >= 15 is 0 Å². The zero-order valence-corrected chi connectivity index (χ0v) is 15.2. The van der Waals surface area contributed by atoms with E-state index in [0.717, 1.165) is 26.1 Å². The third-order valence-corrected chi connectivity index (χ3v) is 4.96. The van der Waals surface area contributed by atoms with Crippen LogP contribution in [0.2, 0.25) is 0 Å². The van der Waals surface area contributed by atoms with Gasteiger partial charge in [0.2, 0.25) is 5.91 Å². The SMILES string of the molecule is CCN1CC[C@H](N(C)C(=O)CNC(=O)c2ccc(C#N)cc2)[C@@H](C)C1. The van der Waals surface area contributed by atoms with Gasteiger partial charge in [-0.25, -0.2) is 0 Å². The van der Waals surface area contributed by atoms with Crippen molar-refractivity contribution >= 4 is 11.8 Å². The number of hydrogen-bond acceptors (Lipinski definition) is 4. The molecule has 0 radical (unpaired) electrons. The van der Waals surface area contributed by atoms with Gasteiger partial charge >= 0.3 is 0 Å². The topological polar surface area (TPSA) is 76.4 Å². The molecule has 0 bridgehead atoms. The van der Waals surface area contributed by atoms with Crippen molar-refractivity contribution in [1.29, 1.82) is 5.26 Å². The van der Waals surface area contributed by atoms with Crippen LogP contribution in [0, 0.1) is 17.2 Å². The van der Waals surface area contributed by atoms with Crippen molar-refractivity contribution in [2.24, 2.45) is 5.92 Å². The first-order valence-corrected chi connectivity index (χ1v) is 8.72. The van der Waals surface area contributed by atoms with Gasteiger partial charge in [-0.2, -0.15) is 5.26 Å². The van der Waals surface area contributed by atoms with Gasteiger partial charge in [-0.1, -0.05) is 13.8 Å². The van der Waals surface area contributed by atoms with Gasteiger partial charge in [0.05, 0.1) is 18.2 Å². The van der Waals surface area contributed by atoms with Gasteiger partial charge < -0.3 is 15.1 Å². The van der Waals surface area contributed by atoms with Crippen molar-refractivity contribution < 1.29 is 9.59 Å². The summed E-state index contributed by atoms with van der Waals surface area (Å²) in [6.07, 6.45) is 0.959. The molecule has 1 aromatic rings. The number of piperidine rings is 1. The molecule has 6 nitrogen and oxygen atoms in total. The third-order valence-electron chi connectivity index (χ3n) is 4.96. The highest BCUT2D eigenvalue weighted by Gasteiger charge is 2.30. The summed E-state index contributed by atoms with van der Waals surface area (Å²) in [7, 11) is 1.82. The van der Waals surface area contributed by atoms with E-state index in [1.54, 1.807) is 29.2 Å². The van der Waals surface area contributed by atoms with Crippen LogP contribution in [0.25, 0.3) is 0 Å². The maximum Gasteiger partial charge on any atom is 0.251 e. The summed E-state index contributed by atoms with van der Waals surface area (Å²) in [6.45, 7) is 7.34. The zero-order chi connectivity index (χ0) is 18.4. The Hall–Kier alpha value is -2.39. The summed E-state index contributed by atoms with van der Waals surface area (Å²) in [6, 6.07) is 8.57. The van der Waals surface area contributed by atoms with Gasteiger partial charge in [0.25, 0.3) is 5.91 Å². The molecule has 2 rings (SSSR count). The molecule has 1 fully saturated rings. The maximum absolute atomic E-state index is 12.4. The standard InChI is InChI=1S/C19H26N4O2/c1-4-23-10-9-17(14(2)13-23)22(3)18(24)12-21-19(25)16-7-5-15(11-20)6-8-16/h5-8,14,17H,4,9-10,12-13H2,1-3H3,(H,21,25)/t14-,17-/m0/s1. The van der Waals surface area contributed by atoms with E-state index in [1.807, 2.05) is 13.1 Å². The van der Waals surface area contributed by atoms with Crippen molar-refractivity contribution in [2.45, 2.75) is 26.3 Å². The van der Waals surface area contributed by atoms with E-state index in [4.69, 9.17) is 5.26 Å². The summed E-state index contributed by atoms with van der Waals surface area (Å²) in [5, 5.41) is 11.4. The molecule has 1 N–H and O–H groups in total. The first-order valence-electron chi connectivity index (χ1n) is 8.72. The Morgan fingerprint density at radius 3 is 2.60 bits per heavy atom. The molecular weight excluding hydrogens is 316 g/mol. The van der Waals surface area contributed by atoms with Crippen LogP contribution < -0.4 is 5.32 Å². The normalized spacial score (nSPS) is 20.6. The molecule has 2 atom stereocenters. The molecule has 6 heteroatoms. The predicted molar refractivity (Wildman–Crippen MR) is 95.9 cm³/mol. The molecule has 1 aromatic carbocycles. The predicted octanol–water partition coefficient (Wildman–Crippen LogP) is 1.48. The average Bonchev–Trinajstić information content (AvgIpc) is 2.65. The Balaban J connectivity index is 1.86. The van der Waals surface area contributed by atoms with Gasteiger partial charge in [0.1, 0.15) is 0 Å². The highest BCUT2D eigenvalue weighted by molar-refractivity contribution is 5.96. The summed E-state index contributed by atoms with van der Waals surface area (Å²) < 4.78 is 0. The molecule has 2 amide bonds. The van der Waals surface area contributed by atoms with E-state index in [2.05, 4.69) is 24.1 Å². The Morgan fingerprint density at radius 1 is 1.36 bits per heavy atom. The fourth-order valence-corrected chi connectivity index (χ4v) is 3.35. The van der Waals surface area contributed by atoms with E-state index in [0.29, 0.717) is 17.0 Å². The van der Waals surface area contributed by atoms with E-state index in [1.165, 1.54) is 0 Å². The second kappa shape index (κ2) is 8.63. The molecule has 1 saturated heterocycles. The molecule has 1 aliphatic rings. The Labute approximate surface area is 149 Å². The largest absolute Gasteiger partial charge is 0.343 e. The smallest absolute Gasteiger partial charge is 0.251 e. The molecule has 0 aliphatic carbocycles.